The van der Waals surface area contributed by atoms with E-state index in [4.69, 9.17) is 0 Å². The Hall–Kier alpha value is -3.29. The third kappa shape index (κ3) is 4.33. The number of nitrogens with one attached hydrogen (secondary N) is 2. The minimum Gasteiger partial charge on any atom is -0.311 e. The third-order valence-corrected chi connectivity index (χ3v) is 4.58. The number of hydrogen-bond donors (Lipinski definition) is 2. The fourth-order valence-corrected chi connectivity index (χ4v) is 3.01. The molecule has 1 unspecified atom stereocenters. The highest BCUT2D eigenvalue weighted by atomic mass is 19.1. The minimum absolute atomic E-state index is 0.0331. The van der Waals surface area contributed by atoms with Gasteiger partial charge in [-0.05, 0) is 36.2 Å². The molecule has 0 bridgehead atoms. The lowest BCUT2D eigenvalue weighted by Gasteiger charge is -2.17. The average Bonchev–Trinajstić information content (AvgIpc) is 3.07. The van der Waals surface area contributed by atoms with Crippen molar-refractivity contribution in [2.45, 2.75) is 19.8 Å². The maximum absolute atomic E-state index is 13.4. The van der Waals surface area contributed by atoms with Crippen molar-refractivity contribution in [1.82, 2.24) is 10.9 Å². The van der Waals surface area contributed by atoms with Gasteiger partial charge in [-0.1, -0.05) is 19.1 Å². The molecule has 1 atom stereocenters. The van der Waals surface area contributed by atoms with Crippen LogP contribution in [0.5, 0.6) is 0 Å². The van der Waals surface area contributed by atoms with E-state index in [0.29, 0.717) is 11.6 Å². The SMILES string of the molecule is CCc1ccc(C(=O)NNC(=O)C2CC(=O)N(c3cc(F)cc(F)c3)C2)cc1. The number of nitrogens with zero attached hydrogens (tertiary/aromatic N) is 1. The van der Waals surface area contributed by atoms with Crippen molar-refractivity contribution in [2.75, 3.05) is 11.4 Å². The highest BCUT2D eigenvalue weighted by Gasteiger charge is 2.35. The van der Waals surface area contributed by atoms with E-state index >= 15 is 0 Å². The zero-order valence-electron chi connectivity index (χ0n) is 15.2. The van der Waals surface area contributed by atoms with Crippen LogP contribution in [0.1, 0.15) is 29.3 Å². The fourth-order valence-electron chi connectivity index (χ4n) is 3.01. The number of benzene rings is 2. The molecule has 2 aromatic carbocycles. The molecule has 0 saturated carbocycles. The van der Waals surface area contributed by atoms with E-state index in [9.17, 15) is 23.2 Å². The van der Waals surface area contributed by atoms with Gasteiger partial charge in [0.25, 0.3) is 5.91 Å². The van der Waals surface area contributed by atoms with Crippen LogP contribution >= 0.6 is 0 Å². The monoisotopic (exact) mass is 387 g/mol. The van der Waals surface area contributed by atoms with E-state index in [1.54, 1.807) is 12.1 Å². The molecule has 3 rings (SSSR count). The maximum Gasteiger partial charge on any atom is 0.269 e. The van der Waals surface area contributed by atoms with Gasteiger partial charge in [-0.3, -0.25) is 25.2 Å². The Morgan fingerprint density at radius 2 is 1.71 bits per heavy atom. The summed E-state index contributed by atoms with van der Waals surface area (Å²) in [5.41, 5.74) is 6.14. The minimum atomic E-state index is -0.808. The van der Waals surface area contributed by atoms with Gasteiger partial charge >= 0.3 is 0 Å². The van der Waals surface area contributed by atoms with E-state index in [1.807, 2.05) is 19.1 Å². The van der Waals surface area contributed by atoms with Crippen molar-refractivity contribution < 1.29 is 23.2 Å². The fraction of sp³-hybridized carbons (Fsp3) is 0.250. The number of carbonyl (C=O) groups is 3. The van der Waals surface area contributed by atoms with Crippen LogP contribution in [0.4, 0.5) is 14.5 Å². The predicted octanol–water partition coefficient (Wildman–Crippen LogP) is 2.34. The number of rotatable bonds is 4. The van der Waals surface area contributed by atoms with Gasteiger partial charge in [0.15, 0.2) is 0 Å². The molecular weight excluding hydrogens is 368 g/mol. The van der Waals surface area contributed by atoms with Crippen LogP contribution in [-0.4, -0.2) is 24.3 Å². The second kappa shape index (κ2) is 8.16. The zero-order valence-corrected chi connectivity index (χ0v) is 15.2. The Morgan fingerprint density at radius 1 is 1.07 bits per heavy atom. The number of amides is 3. The Morgan fingerprint density at radius 3 is 2.32 bits per heavy atom. The summed E-state index contributed by atoms with van der Waals surface area (Å²) in [7, 11) is 0. The number of aryl methyl sites for hydroxylation is 1. The summed E-state index contributed by atoms with van der Waals surface area (Å²) in [6, 6.07) is 9.72. The Labute approximate surface area is 160 Å². The molecule has 0 radical (unpaired) electrons. The van der Waals surface area contributed by atoms with Gasteiger partial charge in [0.05, 0.1) is 5.92 Å². The van der Waals surface area contributed by atoms with E-state index in [-0.39, 0.29) is 18.7 Å². The smallest absolute Gasteiger partial charge is 0.269 e. The molecular formula is C20H19F2N3O3. The number of anilines is 1. The molecule has 1 saturated heterocycles. The Balaban J connectivity index is 1.59. The summed E-state index contributed by atoms with van der Waals surface area (Å²) in [4.78, 5) is 37.7. The van der Waals surface area contributed by atoms with Gasteiger partial charge in [0.1, 0.15) is 11.6 Å². The number of hydrazine groups is 1. The van der Waals surface area contributed by atoms with Gasteiger partial charge in [-0.25, -0.2) is 8.78 Å². The van der Waals surface area contributed by atoms with Crippen molar-refractivity contribution in [3.63, 3.8) is 0 Å². The van der Waals surface area contributed by atoms with Gasteiger partial charge in [0.2, 0.25) is 11.8 Å². The summed E-state index contributed by atoms with van der Waals surface area (Å²) in [6.07, 6.45) is 0.727. The summed E-state index contributed by atoms with van der Waals surface area (Å²) in [6.45, 7) is 1.97. The molecule has 6 nitrogen and oxygen atoms in total. The molecule has 0 aliphatic carbocycles. The topological polar surface area (TPSA) is 78.5 Å². The summed E-state index contributed by atoms with van der Waals surface area (Å²) < 4.78 is 26.8. The van der Waals surface area contributed by atoms with E-state index in [0.717, 1.165) is 29.0 Å². The number of halogens is 2. The zero-order chi connectivity index (χ0) is 20.3. The van der Waals surface area contributed by atoms with E-state index in [1.165, 1.54) is 0 Å². The number of hydrogen-bond acceptors (Lipinski definition) is 3. The first-order valence-corrected chi connectivity index (χ1v) is 8.83. The number of carbonyl (C=O) groups excluding carboxylic acids is 3. The first-order chi connectivity index (χ1) is 13.4. The van der Waals surface area contributed by atoms with Crippen LogP contribution in [0.25, 0.3) is 0 Å². The average molecular weight is 387 g/mol. The molecule has 0 spiro atoms. The van der Waals surface area contributed by atoms with Crippen LogP contribution < -0.4 is 15.8 Å². The van der Waals surface area contributed by atoms with Crippen molar-refractivity contribution >= 4 is 23.4 Å². The first kappa shape index (κ1) is 19.5. The van der Waals surface area contributed by atoms with Gasteiger partial charge in [-0.15, -0.1) is 0 Å². The molecule has 1 heterocycles. The molecule has 28 heavy (non-hydrogen) atoms. The quantitative estimate of drug-likeness (QED) is 0.791. The van der Waals surface area contributed by atoms with Crippen LogP contribution in [-0.2, 0) is 16.0 Å². The highest BCUT2D eigenvalue weighted by molar-refractivity contribution is 6.01. The molecule has 8 heteroatoms. The van der Waals surface area contributed by atoms with Crippen LogP contribution in [0.3, 0.4) is 0 Å². The van der Waals surface area contributed by atoms with Crippen molar-refractivity contribution in [3.8, 4) is 0 Å². The Bertz CT molecular complexity index is 895. The van der Waals surface area contributed by atoms with Crippen LogP contribution in [0.15, 0.2) is 42.5 Å². The lowest BCUT2D eigenvalue weighted by atomic mass is 10.1. The molecule has 146 valence electrons. The van der Waals surface area contributed by atoms with Crippen molar-refractivity contribution in [2.24, 2.45) is 5.92 Å². The highest BCUT2D eigenvalue weighted by Crippen LogP contribution is 2.26. The van der Waals surface area contributed by atoms with Crippen molar-refractivity contribution in [3.05, 3.63) is 65.2 Å². The summed E-state index contributed by atoms with van der Waals surface area (Å²) >= 11 is 0. The van der Waals surface area contributed by atoms with Crippen molar-refractivity contribution in [1.29, 1.82) is 0 Å². The largest absolute Gasteiger partial charge is 0.311 e. The molecule has 0 aromatic heterocycles. The molecule has 2 aromatic rings. The standard InChI is InChI=1S/C20H19F2N3O3/c1-2-12-3-5-13(6-4-12)19(27)23-24-20(28)14-7-18(26)25(11-14)17-9-15(21)8-16(22)10-17/h3-6,8-10,14H,2,7,11H2,1H3,(H,23,27)(H,24,28). The maximum atomic E-state index is 13.4. The second-order valence-electron chi connectivity index (χ2n) is 6.53. The summed E-state index contributed by atoms with van der Waals surface area (Å²) in [5.74, 6) is -3.82. The Kier molecular flexibility index (Phi) is 5.67. The second-order valence-corrected chi connectivity index (χ2v) is 6.53. The molecule has 2 N–H and O–H groups in total. The first-order valence-electron chi connectivity index (χ1n) is 8.83. The van der Waals surface area contributed by atoms with Gasteiger partial charge in [0, 0.05) is 30.3 Å². The van der Waals surface area contributed by atoms with Gasteiger partial charge < -0.3 is 4.90 Å². The lowest BCUT2D eigenvalue weighted by Crippen LogP contribution is -2.45. The lowest BCUT2D eigenvalue weighted by molar-refractivity contribution is -0.126. The summed E-state index contributed by atoms with van der Waals surface area (Å²) in [5, 5.41) is 0. The van der Waals surface area contributed by atoms with E-state index in [2.05, 4.69) is 10.9 Å². The van der Waals surface area contributed by atoms with Gasteiger partial charge in [-0.2, -0.15) is 0 Å². The van der Waals surface area contributed by atoms with E-state index < -0.39 is 35.3 Å². The van der Waals surface area contributed by atoms with Crippen LogP contribution in [0, 0.1) is 17.6 Å². The normalized spacial score (nSPS) is 16.2. The molecule has 1 aliphatic heterocycles. The third-order valence-electron chi connectivity index (χ3n) is 4.58. The molecule has 1 fully saturated rings. The molecule has 1 aliphatic rings. The van der Waals surface area contributed by atoms with Crippen LogP contribution in [0.2, 0.25) is 0 Å². The predicted molar refractivity (Wildman–Crippen MR) is 98.2 cm³/mol. The molecule has 3 amide bonds.